The molecule has 1 N–H and O–H groups in total. The molecule has 0 bridgehead atoms. The number of aliphatic imine (C=N–C) groups is 2. The molecule has 5 heteroatoms. The van der Waals surface area contributed by atoms with Crippen molar-refractivity contribution >= 4 is 23.0 Å². The summed E-state index contributed by atoms with van der Waals surface area (Å²) >= 11 is 0. The first-order valence-electron chi connectivity index (χ1n) is 9.93. The third-order valence-corrected chi connectivity index (χ3v) is 4.23. The fourth-order valence-electron chi connectivity index (χ4n) is 2.90. The number of ketones is 2. The van der Waals surface area contributed by atoms with Crippen molar-refractivity contribution in [3.05, 3.63) is 71.8 Å². The third kappa shape index (κ3) is 8.75. The van der Waals surface area contributed by atoms with Crippen LogP contribution in [0.5, 0.6) is 0 Å². The summed E-state index contributed by atoms with van der Waals surface area (Å²) < 4.78 is 0. The Balaban J connectivity index is 1.84. The molecule has 0 unspecified atom stereocenters. The maximum absolute atomic E-state index is 11.5. The van der Waals surface area contributed by atoms with Crippen molar-refractivity contribution in [2.75, 3.05) is 26.2 Å². The summed E-state index contributed by atoms with van der Waals surface area (Å²) in [7, 11) is 0. The molecule has 152 valence electrons. The lowest BCUT2D eigenvalue weighted by atomic mass is 10.1. The lowest BCUT2D eigenvalue weighted by Crippen LogP contribution is -2.22. The molecule has 0 aliphatic rings. The van der Waals surface area contributed by atoms with Gasteiger partial charge in [-0.3, -0.25) is 19.6 Å². The molecule has 0 heterocycles. The number of rotatable bonds is 12. The van der Waals surface area contributed by atoms with Crippen LogP contribution in [0.25, 0.3) is 0 Å². The van der Waals surface area contributed by atoms with Gasteiger partial charge in [-0.2, -0.15) is 0 Å². The summed E-state index contributed by atoms with van der Waals surface area (Å²) in [5.41, 5.74) is 3.63. The van der Waals surface area contributed by atoms with Gasteiger partial charge >= 0.3 is 0 Å². The average molecular weight is 392 g/mol. The minimum absolute atomic E-state index is 0.105. The maximum Gasteiger partial charge on any atom is 0.135 e. The van der Waals surface area contributed by atoms with Gasteiger partial charge in [0.05, 0.1) is 13.1 Å². The van der Waals surface area contributed by atoms with E-state index in [0.717, 1.165) is 22.6 Å². The van der Waals surface area contributed by atoms with E-state index in [2.05, 4.69) is 15.3 Å². The summed E-state index contributed by atoms with van der Waals surface area (Å²) in [4.78, 5) is 32.3. The molecule has 0 saturated carbocycles. The summed E-state index contributed by atoms with van der Waals surface area (Å²) in [6.45, 7) is 5.77. The van der Waals surface area contributed by atoms with Crippen LogP contribution >= 0.6 is 0 Å². The monoisotopic (exact) mass is 391 g/mol. The fourth-order valence-corrected chi connectivity index (χ4v) is 2.90. The van der Waals surface area contributed by atoms with Crippen LogP contribution in [-0.2, 0) is 9.59 Å². The Bertz CT molecular complexity index is 771. The van der Waals surface area contributed by atoms with Crippen LogP contribution in [0.1, 0.15) is 37.8 Å². The highest BCUT2D eigenvalue weighted by Crippen LogP contribution is 2.06. The van der Waals surface area contributed by atoms with E-state index in [9.17, 15) is 9.59 Å². The smallest absolute Gasteiger partial charge is 0.135 e. The van der Waals surface area contributed by atoms with Crippen LogP contribution in [0.15, 0.2) is 70.6 Å². The minimum Gasteiger partial charge on any atom is -0.313 e. The molecule has 2 rings (SSSR count). The Kier molecular flexibility index (Phi) is 9.66. The minimum atomic E-state index is 0.105. The van der Waals surface area contributed by atoms with E-state index in [0.29, 0.717) is 39.0 Å². The predicted octanol–water partition coefficient (Wildman–Crippen LogP) is 3.51. The highest BCUT2D eigenvalue weighted by atomic mass is 16.1. The number of hydrogen-bond acceptors (Lipinski definition) is 5. The van der Waals surface area contributed by atoms with Crippen LogP contribution in [0.3, 0.4) is 0 Å². The zero-order valence-corrected chi connectivity index (χ0v) is 17.2. The Hall–Kier alpha value is -2.92. The zero-order chi connectivity index (χ0) is 20.9. The molecule has 0 atom stereocenters. The lowest BCUT2D eigenvalue weighted by Gasteiger charge is -2.07. The molecular weight excluding hydrogens is 362 g/mol. The molecule has 0 amide bonds. The van der Waals surface area contributed by atoms with Gasteiger partial charge < -0.3 is 5.32 Å². The second-order valence-electron chi connectivity index (χ2n) is 6.90. The molecule has 0 spiro atoms. The lowest BCUT2D eigenvalue weighted by molar-refractivity contribution is -0.116. The van der Waals surface area contributed by atoms with E-state index in [1.165, 1.54) is 0 Å². The number of carbonyl (C=O) groups is 2. The van der Waals surface area contributed by atoms with E-state index in [4.69, 9.17) is 0 Å². The van der Waals surface area contributed by atoms with E-state index >= 15 is 0 Å². The van der Waals surface area contributed by atoms with Crippen LogP contribution in [0.2, 0.25) is 0 Å². The molecule has 2 aromatic carbocycles. The van der Waals surface area contributed by atoms with Gasteiger partial charge in [-0.1, -0.05) is 60.7 Å². The Morgan fingerprint density at radius 3 is 1.41 bits per heavy atom. The van der Waals surface area contributed by atoms with Gasteiger partial charge in [0.15, 0.2) is 0 Å². The number of carbonyl (C=O) groups excluding carboxylic acids is 2. The summed E-state index contributed by atoms with van der Waals surface area (Å²) in [6.07, 6.45) is 0.694. The van der Waals surface area contributed by atoms with Crippen LogP contribution in [-0.4, -0.2) is 49.2 Å². The van der Waals surface area contributed by atoms with Gasteiger partial charge in [-0.25, -0.2) is 0 Å². The van der Waals surface area contributed by atoms with Gasteiger partial charge in [-0.05, 0) is 25.0 Å². The first-order valence-corrected chi connectivity index (χ1v) is 9.93. The number of benzene rings is 2. The normalized spacial score (nSPS) is 12.1. The Morgan fingerprint density at radius 2 is 1.07 bits per heavy atom. The van der Waals surface area contributed by atoms with E-state index in [-0.39, 0.29) is 11.6 Å². The van der Waals surface area contributed by atoms with Crippen molar-refractivity contribution in [1.29, 1.82) is 0 Å². The van der Waals surface area contributed by atoms with E-state index in [1.807, 2.05) is 60.7 Å². The van der Waals surface area contributed by atoms with Crippen LogP contribution < -0.4 is 5.32 Å². The number of nitrogens with one attached hydrogen (secondary N) is 1. The molecule has 0 aromatic heterocycles. The number of Topliss-reactive ketones (excluding diaryl/α,β-unsaturated/α-hetero) is 2. The van der Waals surface area contributed by atoms with Crippen molar-refractivity contribution in [2.45, 2.75) is 26.7 Å². The van der Waals surface area contributed by atoms with E-state index < -0.39 is 0 Å². The van der Waals surface area contributed by atoms with Crippen molar-refractivity contribution in [1.82, 2.24) is 5.32 Å². The summed E-state index contributed by atoms with van der Waals surface area (Å²) in [5, 5.41) is 3.32. The molecule has 5 nitrogen and oxygen atoms in total. The zero-order valence-electron chi connectivity index (χ0n) is 17.2. The van der Waals surface area contributed by atoms with Crippen molar-refractivity contribution in [3.63, 3.8) is 0 Å². The summed E-state index contributed by atoms with van der Waals surface area (Å²) in [6, 6.07) is 19.6. The SMILES string of the molecule is CC(=O)CC(=NCCNCCN=C(CC(C)=O)c1ccccc1)c1ccccc1. The van der Waals surface area contributed by atoms with Crippen LogP contribution in [0, 0.1) is 0 Å². The molecule has 0 aliphatic carbocycles. The fraction of sp³-hybridized carbons (Fsp3) is 0.333. The quantitative estimate of drug-likeness (QED) is 0.445. The predicted molar refractivity (Wildman–Crippen MR) is 119 cm³/mol. The summed E-state index contributed by atoms with van der Waals surface area (Å²) in [5.74, 6) is 0.211. The molecule has 0 aliphatic heterocycles. The number of hydrogen-bond donors (Lipinski definition) is 1. The molecule has 2 aromatic rings. The van der Waals surface area contributed by atoms with Gasteiger partial charge in [0.1, 0.15) is 11.6 Å². The maximum atomic E-state index is 11.5. The molecule has 0 saturated heterocycles. The van der Waals surface area contributed by atoms with Crippen LogP contribution in [0.4, 0.5) is 0 Å². The second-order valence-corrected chi connectivity index (χ2v) is 6.90. The first-order chi connectivity index (χ1) is 14.1. The second kappa shape index (κ2) is 12.5. The molecular formula is C24H29N3O2. The molecule has 0 radical (unpaired) electrons. The Morgan fingerprint density at radius 1 is 0.690 bits per heavy atom. The standard InChI is InChI=1S/C24H29N3O2/c1-19(28)17-23(21-9-5-3-6-10-21)26-15-13-25-14-16-27-24(18-20(2)29)22-11-7-4-8-12-22/h3-12,25H,13-18H2,1-2H3. The highest BCUT2D eigenvalue weighted by molar-refractivity contribution is 6.11. The average Bonchev–Trinajstić information content (AvgIpc) is 2.72. The van der Waals surface area contributed by atoms with Crippen molar-refractivity contribution in [2.24, 2.45) is 9.98 Å². The van der Waals surface area contributed by atoms with E-state index in [1.54, 1.807) is 13.8 Å². The van der Waals surface area contributed by atoms with Crippen molar-refractivity contribution in [3.8, 4) is 0 Å². The Labute approximate surface area is 173 Å². The topological polar surface area (TPSA) is 70.9 Å². The highest BCUT2D eigenvalue weighted by Gasteiger charge is 2.07. The largest absolute Gasteiger partial charge is 0.313 e. The molecule has 29 heavy (non-hydrogen) atoms. The van der Waals surface area contributed by atoms with Gasteiger partial charge in [-0.15, -0.1) is 0 Å². The van der Waals surface area contributed by atoms with Gasteiger partial charge in [0.2, 0.25) is 0 Å². The van der Waals surface area contributed by atoms with Crippen molar-refractivity contribution < 1.29 is 9.59 Å². The van der Waals surface area contributed by atoms with Gasteiger partial charge in [0, 0.05) is 37.4 Å². The molecule has 0 fully saturated rings. The number of nitrogens with zero attached hydrogens (tertiary/aromatic N) is 2. The first kappa shape index (κ1) is 22.4. The van der Waals surface area contributed by atoms with Gasteiger partial charge in [0.25, 0.3) is 0 Å². The third-order valence-electron chi connectivity index (χ3n) is 4.23.